The molecule has 1 fully saturated rings. The van der Waals surface area contributed by atoms with E-state index in [-0.39, 0.29) is 23.0 Å². The fourth-order valence-electron chi connectivity index (χ4n) is 5.84. The number of ether oxygens (including phenoxy) is 3. The number of hydrogen-bond acceptors (Lipinski definition) is 5. The monoisotopic (exact) mass is 627 g/mol. The maximum atomic E-state index is 13.8. The molecule has 0 unspecified atom stereocenters. The average molecular weight is 629 g/mol. The van der Waals surface area contributed by atoms with Crippen LogP contribution in [0, 0.1) is 0 Å². The van der Waals surface area contributed by atoms with Crippen LogP contribution in [0.3, 0.4) is 0 Å². The minimum absolute atomic E-state index is 0.0564. The highest BCUT2D eigenvalue weighted by atomic mass is 79.9. The van der Waals surface area contributed by atoms with Crippen molar-refractivity contribution in [3.8, 4) is 5.75 Å². The topological polar surface area (TPSA) is 58.9 Å². The van der Waals surface area contributed by atoms with Crippen LogP contribution in [-0.4, -0.2) is 49.9 Å². The Kier molecular flexibility index (Phi) is 7.23. The van der Waals surface area contributed by atoms with Gasteiger partial charge >= 0.3 is 0 Å². The highest BCUT2D eigenvalue weighted by molar-refractivity contribution is 9.10. The van der Waals surface area contributed by atoms with Gasteiger partial charge in [-0.05, 0) is 67.9 Å². The van der Waals surface area contributed by atoms with Crippen molar-refractivity contribution in [1.82, 2.24) is 4.57 Å². The van der Waals surface area contributed by atoms with Crippen LogP contribution in [0.1, 0.15) is 75.6 Å². The molecule has 0 spiro atoms. The van der Waals surface area contributed by atoms with E-state index in [0.717, 1.165) is 37.8 Å². The zero-order valence-corrected chi connectivity index (χ0v) is 28.0. The molecule has 1 aliphatic heterocycles. The second kappa shape index (κ2) is 9.80. The van der Waals surface area contributed by atoms with Gasteiger partial charge in [0, 0.05) is 39.1 Å². The zero-order chi connectivity index (χ0) is 29.4. The normalized spacial score (nSPS) is 21.9. The molecule has 1 saturated heterocycles. The van der Waals surface area contributed by atoms with Crippen molar-refractivity contribution in [2.45, 2.75) is 90.0 Å². The predicted molar refractivity (Wildman–Crippen MR) is 165 cm³/mol. The van der Waals surface area contributed by atoms with Gasteiger partial charge in [-0.3, -0.25) is 4.79 Å². The molecule has 0 saturated carbocycles. The van der Waals surface area contributed by atoms with Crippen LogP contribution in [0.2, 0.25) is 18.1 Å². The number of benzene rings is 2. The molecule has 8 heteroatoms. The molecule has 2 aliphatic rings. The Labute approximate surface area is 247 Å². The van der Waals surface area contributed by atoms with E-state index >= 15 is 0 Å². The maximum Gasteiger partial charge on any atom is 0.195 e. The van der Waals surface area contributed by atoms with Crippen molar-refractivity contribution in [3.05, 3.63) is 63.3 Å². The molecule has 0 radical (unpaired) electrons. The van der Waals surface area contributed by atoms with E-state index in [1.165, 1.54) is 0 Å². The van der Waals surface area contributed by atoms with Gasteiger partial charge < -0.3 is 23.2 Å². The molecule has 0 N–H and O–H groups in total. The van der Waals surface area contributed by atoms with Crippen LogP contribution in [0.25, 0.3) is 10.9 Å². The Bertz CT molecular complexity index is 1480. The fourth-order valence-corrected chi connectivity index (χ4v) is 7.20. The molecule has 6 nitrogen and oxygen atoms in total. The van der Waals surface area contributed by atoms with Crippen LogP contribution in [0.4, 0.5) is 0 Å². The summed E-state index contributed by atoms with van der Waals surface area (Å²) in [5, 5.41) is 1.10. The molecule has 0 bridgehead atoms. The number of aryl methyl sites for hydroxylation is 1. The quantitative estimate of drug-likeness (QED) is 0.262. The lowest BCUT2D eigenvalue weighted by atomic mass is 9.71. The molecule has 2 aromatic carbocycles. The summed E-state index contributed by atoms with van der Waals surface area (Å²) in [7, 11) is 0.104. The van der Waals surface area contributed by atoms with Crippen LogP contribution in [-0.2, 0) is 26.4 Å². The van der Waals surface area contributed by atoms with Crippen molar-refractivity contribution in [1.29, 1.82) is 0 Å². The van der Waals surface area contributed by atoms with Gasteiger partial charge in [0.25, 0.3) is 0 Å². The first-order chi connectivity index (χ1) is 18.4. The Balaban J connectivity index is 1.39. The molecule has 0 amide bonds. The lowest BCUT2D eigenvalue weighted by Crippen LogP contribution is -2.44. The summed E-state index contributed by atoms with van der Waals surface area (Å²) in [4.78, 5) is 13.8. The van der Waals surface area contributed by atoms with E-state index in [1.54, 1.807) is 0 Å². The van der Waals surface area contributed by atoms with Gasteiger partial charge in [0.1, 0.15) is 24.6 Å². The number of carbonyl (C=O) groups excluding carboxylic acids is 1. The van der Waals surface area contributed by atoms with E-state index in [0.29, 0.717) is 19.0 Å². The molecule has 40 heavy (non-hydrogen) atoms. The third-order valence-corrected chi connectivity index (χ3v) is 14.0. The van der Waals surface area contributed by atoms with Crippen molar-refractivity contribution in [2.75, 3.05) is 13.2 Å². The SMILES string of the molecule is Cn1c2c(c3ccc(Br)cc31)C(=O)c1ccc(OC[C@H]3OC(C)(C)O[C@H]3CO[Si](C)(C)C(C)(C)C)cc1C2(C)C. The van der Waals surface area contributed by atoms with Gasteiger partial charge in [-0.25, -0.2) is 0 Å². The van der Waals surface area contributed by atoms with Crippen LogP contribution in [0.15, 0.2) is 40.9 Å². The number of rotatable bonds is 6. The van der Waals surface area contributed by atoms with Gasteiger partial charge in [-0.1, -0.05) is 56.6 Å². The van der Waals surface area contributed by atoms with Crippen molar-refractivity contribution >= 4 is 40.9 Å². The minimum atomic E-state index is -1.94. The Hall–Kier alpha value is -1.97. The highest BCUT2D eigenvalue weighted by Gasteiger charge is 2.45. The lowest BCUT2D eigenvalue weighted by molar-refractivity contribution is -0.150. The van der Waals surface area contributed by atoms with Gasteiger partial charge in [-0.15, -0.1) is 0 Å². The van der Waals surface area contributed by atoms with Crippen LogP contribution < -0.4 is 4.74 Å². The van der Waals surface area contributed by atoms with E-state index in [2.05, 4.69) is 74.3 Å². The van der Waals surface area contributed by atoms with E-state index in [1.807, 2.05) is 51.2 Å². The molecule has 1 aromatic heterocycles. The largest absolute Gasteiger partial charge is 0.491 e. The number of halogens is 1. The predicted octanol–water partition coefficient (Wildman–Crippen LogP) is 7.73. The summed E-state index contributed by atoms with van der Waals surface area (Å²) < 4.78 is 28.4. The van der Waals surface area contributed by atoms with Crippen molar-refractivity contribution in [3.63, 3.8) is 0 Å². The third-order valence-electron chi connectivity index (χ3n) is 9.00. The molecular weight excluding hydrogens is 586 g/mol. The first kappa shape index (κ1) is 29.5. The summed E-state index contributed by atoms with van der Waals surface area (Å²) >= 11 is 3.59. The first-order valence-corrected chi connectivity index (χ1v) is 17.7. The van der Waals surface area contributed by atoms with E-state index in [4.69, 9.17) is 18.6 Å². The average Bonchev–Trinajstić information content (AvgIpc) is 3.32. The summed E-state index contributed by atoms with van der Waals surface area (Å²) in [6, 6.07) is 11.9. The Morgan fingerprint density at radius 1 is 1.00 bits per heavy atom. The molecule has 216 valence electrons. The minimum Gasteiger partial charge on any atom is -0.491 e. The molecule has 5 rings (SSSR count). The Morgan fingerprint density at radius 2 is 1.65 bits per heavy atom. The van der Waals surface area contributed by atoms with Crippen LogP contribution in [0.5, 0.6) is 5.75 Å². The van der Waals surface area contributed by atoms with E-state index in [9.17, 15) is 4.79 Å². The smallest absolute Gasteiger partial charge is 0.195 e. The number of carbonyl (C=O) groups is 1. The second-order valence-electron chi connectivity index (χ2n) is 13.7. The van der Waals surface area contributed by atoms with Crippen molar-refractivity contribution < 1.29 is 23.4 Å². The Morgan fingerprint density at radius 3 is 2.30 bits per heavy atom. The molecule has 2 heterocycles. The number of nitrogens with zero attached hydrogens (tertiary/aromatic N) is 1. The second-order valence-corrected chi connectivity index (χ2v) is 19.4. The maximum absolute atomic E-state index is 13.8. The van der Waals surface area contributed by atoms with Crippen molar-refractivity contribution in [2.24, 2.45) is 7.05 Å². The van der Waals surface area contributed by atoms with Gasteiger partial charge in [0.15, 0.2) is 19.9 Å². The number of hydrogen-bond donors (Lipinski definition) is 0. The summed E-state index contributed by atoms with van der Waals surface area (Å²) in [6.45, 7) is 20.2. The molecular formula is C32H42BrNO5Si. The van der Waals surface area contributed by atoms with Gasteiger partial charge in [0.05, 0.1) is 12.2 Å². The third kappa shape index (κ3) is 5.00. The zero-order valence-electron chi connectivity index (χ0n) is 25.4. The van der Waals surface area contributed by atoms with Gasteiger partial charge in [-0.2, -0.15) is 0 Å². The summed E-state index contributed by atoms with van der Waals surface area (Å²) in [6.07, 6.45) is -0.494. The molecule has 2 atom stereocenters. The lowest BCUT2D eigenvalue weighted by Gasteiger charge is -2.37. The number of aromatic nitrogens is 1. The number of fused-ring (bicyclic) bond motifs is 4. The van der Waals surface area contributed by atoms with E-state index < -0.39 is 19.5 Å². The van der Waals surface area contributed by atoms with Gasteiger partial charge in [0.2, 0.25) is 0 Å². The molecule has 1 aliphatic carbocycles. The highest BCUT2D eigenvalue weighted by Crippen LogP contribution is 2.46. The summed E-state index contributed by atoms with van der Waals surface area (Å²) in [5.41, 5.74) is 4.15. The standard InChI is InChI=1S/C32H42BrNO5Si/c1-30(2,3)40(9,10)37-18-26-25(38-32(6,7)39-26)17-36-20-12-14-21-23(16-20)31(4,5)29-27(28(21)35)22-13-11-19(33)15-24(22)34(29)8/h11-16,25-26H,17-18H2,1-10H3/t25-,26+/m1/s1. The fraction of sp³-hybridized carbons (Fsp3) is 0.531. The van der Waals surface area contributed by atoms with Crippen LogP contribution >= 0.6 is 15.9 Å². The molecule has 3 aromatic rings. The first-order valence-electron chi connectivity index (χ1n) is 14.0. The summed E-state index contributed by atoms with van der Waals surface area (Å²) in [5.74, 6) is 0.0579. The number of ketones is 1.